The highest BCUT2D eigenvalue weighted by atomic mass is 35.5. The molecule has 17 heavy (non-hydrogen) atoms. The van der Waals surface area contributed by atoms with Crippen molar-refractivity contribution in [3.8, 4) is 5.75 Å². The maximum Gasteiger partial charge on any atom is 0.307 e. The van der Waals surface area contributed by atoms with Gasteiger partial charge in [-0.25, -0.2) is 4.39 Å². The van der Waals surface area contributed by atoms with Gasteiger partial charge in [0.25, 0.3) is 0 Å². The predicted molar refractivity (Wildman–Crippen MR) is 59.6 cm³/mol. The van der Waals surface area contributed by atoms with Crippen LogP contribution in [0.4, 0.5) is 4.39 Å². The Labute approximate surface area is 102 Å². The molecule has 1 aliphatic heterocycles. The Morgan fingerprint density at radius 1 is 1.53 bits per heavy atom. The van der Waals surface area contributed by atoms with Gasteiger partial charge in [-0.3, -0.25) is 4.79 Å². The van der Waals surface area contributed by atoms with E-state index in [4.69, 9.17) is 16.7 Å². The minimum atomic E-state index is -0.898. The molecule has 2 atom stereocenters. The van der Waals surface area contributed by atoms with E-state index in [0.29, 0.717) is 13.0 Å². The average molecular weight is 260 g/mol. The van der Waals surface area contributed by atoms with Crippen LogP contribution in [-0.2, 0) is 4.79 Å². The van der Waals surface area contributed by atoms with Crippen LogP contribution in [0.15, 0.2) is 12.1 Å². The highest BCUT2D eigenvalue weighted by molar-refractivity contribution is 6.32. The van der Waals surface area contributed by atoms with E-state index >= 15 is 0 Å². The van der Waals surface area contributed by atoms with Crippen LogP contribution >= 0.6 is 11.6 Å². The number of carboxylic acids is 1. The monoisotopic (exact) mass is 259 g/mol. The van der Waals surface area contributed by atoms with Gasteiger partial charge in [0.15, 0.2) is 0 Å². The second-order valence-corrected chi connectivity index (χ2v) is 4.46. The molecule has 0 saturated carbocycles. The van der Waals surface area contributed by atoms with Crippen LogP contribution in [0.1, 0.15) is 18.0 Å². The largest absolute Gasteiger partial charge is 0.506 e. The van der Waals surface area contributed by atoms with Crippen molar-refractivity contribution < 1.29 is 19.4 Å². The van der Waals surface area contributed by atoms with E-state index in [-0.39, 0.29) is 22.4 Å². The summed E-state index contributed by atoms with van der Waals surface area (Å²) in [5.41, 5.74) is 0.288. The lowest BCUT2D eigenvalue weighted by Gasteiger charge is -2.12. The van der Waals surface area contributed by atoms with Gasteiger partial charge in [-0.05, 0) is 12.5 Å². The summed E-state index contributed by atoms with van der Waals surface area (Å²) >= 11 is 5.70. The topological polar surface area (TPSA) is 69.6 Å². The van der Waals surface area contributed by atoms with E-state index in [1.54, 1.807) is 0 Å². The van der Waals surface area contributed by atoms with Crippen molar-refractivity contribution in [3.05, 3.63) is 28.5 Å². The van der Waals surface area contributed by atoms with E-state index in [9.17, 15) is 14.3 Å². The number of carboxylic acid groups (broad SMARTS) is 1. The van der Waals surface area contributed by atoms with E-state index in [0.717, 1.165) is 6.07 Å². The average Bonchev–Trinajstić information content (AvgIpc) is 2.72. The molecule has 1 aliphatic rings. The summed E-state index contributed by atoms with van der Waals surface area (Å²) in [6.07, 6.45) is 0.313. The first-order chi connectivity index (χ1) is 7.99. The molecule has 3 N–H and O–H groups in total. The summed E-state index contributed by atoms with van der Waals surface area (Å²) in [5, 5.41) is 21.1. The minimum absolute atomic E-state index is 0.0574. The molecule has 1 fully saturated rings. The molecule has 0 aromatic heterocycles. The molecule has 0 radical (unpaired) electrons. The third-order valence-corrected chi connectivity index (χ3v) is 3.22. The molecule has 0 amide bonds. The molecule has 6 heteroatoms. The lowest BCUT2D eigenvalue weighted by Crippen LogP contribution is -2.17. The Morgan fingerprint density at radius 3 is 2.82 bits per heavy atom. The van der Waals surface area contributed by atoms with Gasteiger partial charge in [0.2, 0.25) is 0 Å². The highest BCUT2D eigenvalue weighted by Crippen LogP contribution is 2.34. The lowest BCUT2D eigenvalue weighted by molar-refractivity contribution is -0.141. The van der Waals surface area contributed by atoms with Gasteiger partial charge >= 0.3 is 5.97 Å². The number of hydrogen-bond donors (Lipinski definition) is 3. The van der Waals surface area contributed by atoms with Gasteiger partial charge in [0.05, 0.1) is 10.9 Å². The molecule has 1 aromatic rings. The zero-order valence-corrected chi connectivity index (χ0v) is 9.54. The third-order valence-electron chi connectivity index (χ3n) is 2.92. The van der Waals surface area contributed by atoms with Crippen molar-refractivity contribution in [1.82, 2.24) is 5.32 Å². The molecule has 92 valence electrons. The fourth-order valence-corrected chi connectivity index (χ4v) is 2.15. The first kappa shape index (κ1) is 12.1. The first-order valence-electron chi connectivity index (χ1n) is 5.13. The number of benzene rings is 1. The van der Waals surface area contributed by atoms with Gasteiger partial charge in [-0.1, -0.05) is 11.6 Å². The fraction of sp³-hybridized carbons (Fsp3) is 0.364. The molecule has 1 aromatic carbocycles. The van der Waals surface area contributed by atoms with Crippen LogP contribution in [0.2, 0.25) is 5.02 Å². The Kier molecular flexibility index (Phi) is 3.22. The summed E-state index contributed by atoms with van der Waals surface area (Å²) in [5.74, 6) is -2.33. The van der Waals surface area contributed by atoms with Crippen LogP contribution in [0.3, 0.4) is 0 Å². The maximum absolute atomic E-state index is 13.6. The molecule has 0 spiro atoms. The number of aromatic hydroxyl groups is 1. The second-order valence-electron chi connectivity index (χ2n) is 4.06. The quantitative estimate of drug-likeness (QED) is 0.759. The van der Waals surface area contributed by atoms with E-state index < -0.39 is 17.7 Å². The molecule has 1 saturated heterocycles. The predicted octanol–water partition coefficient (Wildman–Crippen LogP) is 1.92. The van der Waals surface area contributed by atoms with Crippen LogP contribution in [-0.4, -0.2) is 22.7 Å². The SMILES string of the molecule is O=C(O)C1CNC(c2cc(Cl)c(O)cc2F)C1. The molecule has 0 aliphatic carbocycles. The normalized spacial score (nSPS) is 23.9. The van der Waals surface area contributed by atoms with E-state index in [1.807, 2.05) is 0 Å². The molecular formula is C11H11ClFNO3. The molecular weight excluding hydrogens is 249 g/mol. The van der Waals surface area contributed by atoms with E-state index in [1.165, 1.54) is 6.07 Å². The van der Waals surface area contributed by atoms with E-state index in [2.05, 4.69) is 5.32 Å². The van der Waals surface area contributed by atoms with Gasteiger partial charge in [-0.15, -0.1) is 0 Å². The Morgan fingerprint density at radius 2 is 2.24 bits per heavy atom. The van der Waals surface area contributed by atoms with Crippen molar-refractivity contribution >= 4 is 17.6 Å². The summed E-state index contributed by atoms with van der Waals surface area (Å²) in [6, 6.07) is 1.89. The Hall–Kier alpha value is -1.33. The third kappa shape index (κ3) is 2.35. The second kappa shape index (κ2) is 4.50. The standard InChI is InChI=1S/C11H11ClFNO3/c12-7-2-6(8(13)3-10(7)15)9-1-5(4-14-9)11(16)17/h2-3,5,9,14-15H,1,4H2,(H,16,17). The van der Waals surface area contributed by atoms with Crippen LogP contribution in [0.5, 0.6) is 5.75 Å². The van der Waals surface area contributed by atoms with Crippen LogP contribution in [0.25, 0.3) is 0 Å². The van der Waals surface area contributed by atoms with Crippen molar-refractivity contribution in [3.63, 3.8) is 0 Å². The smallest absolute Gasteiger partial charge is 0.307 e. The zero-order chi connectivity index (χ0) is 12.6. The summed E-state index contributed by atoms with van der Waals surface area (Å²) in [7, 11) is 0. The molecule has 0 bridgehead atoms. The van der Waals surface area contributed by atoms with Gasteiger partial charge in [0.1, 0.15) is 11.6 Å². The number of halogens is 2. The number of hydrogen-bond acceptors (Lipinski definition) is 3. The van der Waals surface area contributed by atoms with Gasteiger partial charge < -0.3 is 15.5 Å². The summed E-state index contributed by atoms with van der Waals surface area (Å²) in [6.45, 7) is 0.304. The number of rotatable bonds is 2. The Balaban J connectivity index is 2.24. The Bertz CT molecular complexity index is 466. The van der Waals surface area contributed by atoms with Crippen LogP contribution in [0, 0.1) is 11.7 Å². The number of phenols is 1. The highest BCUT2D eigenvalue weighted by Gasteiger charge is 2.31. The van der Waals surface area contributed by atoms with Gasteiger partial charge in [-0.2, -0.15) is 0 Å². The number of aliphatic carboxylic acids is 1. The van der Waals surface area contributed by atoms with Crippen LogP contribution < -0.4 is 5.32 Å². The lowest BCUT2D eigenvalue weighted by atomic mass is 9.99. The molecule has 1 heterocycles. The minimum Gasteiger partial charge on any atom is -0.506 e. The molecule has 2 rings (SSSR count). The first-order valence-corrected chi connectivity index (χ1v) is 5.51. The van der Waals surface area contributed by atoms with Crippen molar-refractivity contribution in [2.75, 3.05) is 6.54 Å². The zero-order valence-electron chi connectivity index (χ0n) is 8.78. The van der Waals surface area contributed by atoms with Gasteiger partial charge in [0, 0.05) is 24.2 Å². The van der Waals surface area contributed by atoms with Crippen molar-refractivity contribution in [1.29, 1.82) is 0 Å². The fourth-order valence-electron chi connectivity index (χ4n) is 1.98. The number of nitrogens with one attached hydrogen (secondary N) is 1. The summed E-state index contributed by atoms with van der Waals surface area (Å²) < 4.78 is 13.6. The molecule has 2 unspecified atom stereocenters. The molecule has 4 nitrogen and oxygen atoms in total. The number of phenolic OH excluding ortho intramolecular Hbond substituents is 1. The maximum atomic E-state index is 13.6. The summed E-state index contributed by atoms with van der Waals surface area (Å²) in [4.78, 5) is 10.8. The van der Waals surface area contributed by atoms with Crippen molar-refractivity contribution in [2.24, 2.45) is 5.92 Å². The van der Waals surface area contributed by atoms with Crippen molar-refractivity contribution in [2.45, 2.75) is 12.5 Å². The number of carbonyl (C=O) groups is 1.